The minimum Gasteiger partial charge on any atom is -0.207 e. The average molecular weight is 438 g/mol. The van der Waals surface area contributed by atoms with Crippen molar-refractivity contribution in [2.75, 3.05) is 0 Å². The summed E-state index contributed by atoms with van der Waals surface area (Å²) in [5, 5.41) is 0. The Hall–Kier alpha value is -1.24. The van der Waals surface area contributed by atoms with Gasteiger partial charge in [-0.1, -0.05) is 36.4 Å². The van der Waals surface area contributed by atoms with Gasteiger partial charge in [0, 0.05) is 24.0 Å². The molecule has 3 rings (SSSR count). The summed E-state index contributed by atoms with van der Waals surface area (Å²) < 4.78 is 67.6. The van der Waals surface area contributed by atoms with Crippen molar-refractivity contribution in [2.45, 2.75) is 21.7 Å². The van der Waals surface area contributed by atoms with Crippen LogP contribution in [0.4, 0.5) is 22.0 Å². The Balaban J connectivity index is 2.14. The maximum absolute atomic E-state index is 14.3. The van der Waals surface area contributed by atoms with Crippen LogP contribution in [0.2, 0.25) is 0 Å². The fourth-order valence-electron chi connectivity index (χ4n) is 3.08. The van der Waals surface area contributed by atoms with Crippen LogP contribution in [0.5, 0.6) is 0 Å². The van der Waals surface area contributed by atoms with E-state index in [9.17, 15) is 22.0 Å². The minimum atomic E-state index is -4.59. The summed E-state index contributed by atoms with van der Waals surface area (Å²) in [7, 11) is 0. The Labute approximate surface area is 167 Å². The number of rotatable bonds is 3. The maximum Gasteiger partial charge on any atom is 0.446 e. The number of hydrogen-bond acceptors (Lipinski definition) is 1. The van der Waals surface area contributed by atoms with Crippen molar-refractivity contribution in [1.82, 2.24) is 0 Å². The van der Waals surface area contributed by atoms with Gasteiger partial charge in [0.05, 0.1) is 9.75 Å². The fourth-order valence-corrected chi connectivity index (χ4v) is 5.06. The predicted octanol–water partition coefficient (Wildman–Crippen LogP) is 7.28. The molecule has 2 unspecified atom stereocenters. The zero-order valence-electron chi connectivity index (χ0n) is 13.5. The van der Waals surface area contributed by atoms with Crippen molar-refractivity contribution < 1.29 is 22.0 Å². The van der Waals surface area contributed by atoms with Crippen LogP contribution in [-0.2, 0) is 9.75 Å². The molecule has 0 nitrogen and oxygen atoms in total. The van der Waals surface area contributed by atoms with Crippen LogP contribution in [0.3, 0.4) is 0 Å². The first-order valence-electron chi connectivity index (χ1n) is 7.75. The van der Waals surface area contributed by atoms with Crippen LogP contribution in [-0.4, -0.2) is 5.51 Å². The molecule has 1 aliphatic rings. The van der Waals surface area contributed by atoms with Crippen molar-refractivity contribution >= 4 is 35.0 Å². The summed E-state index contributed by atoms with van der Waals surface area (Å²) in [5.74, 6) is -1.39. The number of halogens is 7. The first-order valence-corrected chi connectivity index (χ1v) is 9.32. The van der Waals surface area contributed by atoms with Crippen molar-refractivity contribution in [3.8, 4) is 0 Å². The number of thioether (sulfide) groups is 1. The molecular formula is C19H12Cl2F5S. The number of allylic oxidation sites excluding steroid dienone is 2. The SMILES string of the molecule is Fc1ccccc1C1(Cl)[CH]C(Cl)(c2ccccc2F)CC(SC(F)(F)F)=C1. The van der Waals surface area contributed by atoms with Gasteiger partial charge in [0.15, 0.2) is 0 Å². The highest BCUT2D eigenvalue weighted by Gasteiger charge is 2.49. The molecule has 2 aromatic rings. The van der Waals surface area contributed by atoms with Gasteiger partial charge in [-0.3, -0.25) is 0 Å². The van der Waals surface area contributed by atoms with Crippen molar-refractivity contribution in [1.29, 1.82) is 0 Å². The normalized spacial score (nSPS) is 26.0. The molecule has 0 N–H and O–H groups in total. The molecule has 2 aromatic carbocycles. The van der Waals surface area contributed by atoms with E-state index in [0.717, 1.165) is 18.2 Å². The van der Waals surface area contributed by atoms with E-state index in [0.29, 0.717) is 0 Å². The van der Waals surface area contributed by atoms with E-state index in [1.807, 2.05) is 0 Å². The highest BCUT2D eigenvalue weighted by molar-refractivity contribution is 8.03. The summed E-state index contributed by atoms with van der Waals surface area (Å²) in [6, 6.07) is 10.9. The summed E-state index contributed by atoms with van der Waals surface area (Å²) >= 11 is 12.8. The van der Waals surface area contributed by atoms with E-state index in [-0.39, 0.29) is 34.2 Å². The number of alkyl halides is 5. The Morgan fingerprint density at radius 2 is 1.37 bits per heavy atom. The molecule has 0 fully saturated rings. The van der Waals surface area contributed by atoms with Gasteiger partial charge in [-0.25, -0.2) is 8.78 Å². The first-order chi connectivity index (χ1) is 12.5. The second-order valence-corrected chi connectivity index (χ2v) is 8.56. The third kappa shape index (κ3) is 4.44. The van der Waals surface area contributed by atoms with E-state index in [1.165, 1.54) is 42.8 Å². The van der Waals surface area contributed by atoms with Crippen molar-refractivity contribution in [2.24, 2.45) is 0 Å². The van der Waals surface area contributed by atoms with E-state index >= 15 is 0 Å². The molecule has 27 heavy (non-hydrogen) atoms. The molecule has 0 saturated carbocycles. The lowest BCUT2D eigenvalue weighted by molar-refractivity contribution is -0.0323. The summed E-state index contributed by atoms with van der Waals surface area (Å²) in [5.41, 5.74) is -4.68. The van der Waals surface area contributed by atoms with E-state index in [2.05, 4.69) is 0 Å². The topological polar surface area (TPSA) is 0 Å². The Morgan fingerprint density at radius 3 is 1.89 bits per heavy atom. The Bertz CT molecular complexity index is 882. The molecule has 0 bridgehead atoms. The summed E-state index contributed by atoms with van der Waals surface area (Å²) in [4.78, 5) is -3.68. The lowest BCUT2D eigenvalue weighted by Crippen LogP contribution is -2.36. The minimum absolute atomic E-state index is 0.0265. The van der Waals surface area contributed by atoms with Gasteiger partial charge in [0.25, 0.3) is 0 Å². The van der Waals surface area contributed by atoms with Crippen LogP contribution in [0.15, 0.2) is 59.5 Å². The Kier molecular flexibility index (Phi) is 5.54. The number of hydrogen-bond donors (Lipinski definition) is 0. The van der Waals surface area contributed by atoms with Gasteiger partial charge in [0.1, 0.15) is 11.6 Å². The van der Waals surface area contributed by atoms with E-state index in [1.54, 1.807) is 0 Å². The third-order valence-corrected chi connectivity index (χ3v) is 5.72. The van der Waals surface area contributed by atoms with Gasteiger partial charge in [-0.05, 0) is 34.9 Å². The standard InChI is InChI=1S/C19H12Cl2F5S/c20-17(13-5-1-3-7-15(13)22)9-12(27-19(24,25)26)10-18(21,11-17)14-6-2-4-8-16(14)23/h1-9,11H,10H2. The maximum atomic E-state index is 14.3. The van der Waals surface area contributed by atoms with Crippen LogP contribution in [0, 0.1) is 18.1 Å². The molecular weight excluding hydrogens is 426 g/mol. The molecule has 1 radical (unpaired) electrons. The van der Waals surface area contributed by atoms with Gasteiger partial charge >= 0.3 is 5.51 Å². The fraction of sp³-hybridized carbons (Fsp3) is 0.211. The van der Waals surface area contributed by atoms with Gasteiger partial charge in [-0.15, -0.1) is 23.2 Å². The molecule has 0 aromatic heterocycles. The van der Waals surface area contributed by atoms with Crippen LogP contribution in [0.1, 0.15) is 17.5 Å². The van der Waals surface area contributed by atoms with Crippen LogP contribution >= 0.6 is 35.0 Å². The van der Waals surface area contributed by atoms with Gasteiger partial charge in [0.2, 0.25) is 0 Å². The largest absolute Gasteiger partial charge is 0.446 e. The predicted molar refractivity (Wildman–Crippen MR) is 98.5 cm³/mol. The lowest BCUT2D eigenvalue weighted by atomic mass is 9.77. The molecule has 0 saturated heterocycles. The first kappa shape index (κ1) is 20.5. The molecule has 0 spiro atoms. The average Bonchev–Trinajstić information content (AvgIpc) is 2.52. The molecule has 8 heteroatoms. The van der Waals surface area contributed by atoms with Crippen LogP contribution < -0.4 is 0 Å². The number of benzene rings is 2. The highest BCUT2D eigenvalue weighted by Crippen LogP contribution is 2.56. The van der Waals surface area contributed by atoms with Crippen molar-refractivity contribution in [3.05, 3.63) is 88.7 Å². The van der Waals surface area contributed by atoms with E-state index < -0.39 is 26.9 Å². The summed E-state index contributed by atoms with van der Waals surface area (Å²) in [6.07, 6.45) is 2.07. The Morgan fingerprint density at radius 1 is 0.852 bits per heavy atom. The van der Waals surface area contributed by atoms with Crippen LogP contribution in [0.25, 0.3) is 0 Å². The third-order valence-electron chi connectivity index (χ3n) is 4.10. The molecule has 2 atom stereocenters. The monoisotopic (exact) mass is 437 g/mol. The van der Waals surface area contributed by atoms with Gasteiger partial charge in [-0.2, -0.15) is 13.2 Å². The van der Waals surface area contributed by atoms with E-state index in [4.69, 9.17) is 23.2 Å². The lowest BCUT2D eigenvalue weighted by Gasteiger charge is -2.40. The van der Waals surface area contributed by atoms with Gasteiger partial charge < -0.3 is 0 Å². The second-order valence-electron chi connectivity index (χ2n) is 6.07. The molecule has 143 valence electrons. The smallest absolute Gasteiger partial charge is 0.207 e. The molecule has 1 aliphatic carbocycles. The molecule has 0 amide bonds. The quantitative estimate of drug-likeness (QED) is 0.359. The molecule has 0 aliphatic heterocycles. The summed E-state index contributed by atoms with van der Waals surface area (Å²) in [6.45, 7) is 0. The zero-order chi connectivity index (χ0) is 19.9. The van der Waals surface area contributed by atoms with Crippen molar-refractivity contribution in [3.63, 3.8) is 0 Å². The second kappa shape index (κ2) is 7.30. The zero-order valence-corrected chi connectivity index (χ0v) is 15.9. The highest BCUT2D eigenvalue weighted by atomic mass is 35.5. The molecule has 0 heterocycles.